The van der Waals surface area contributed by atoms with Crippen molar-refractivity contribution in [2.75, 3.05) is 61.5 Å². The monoisotopic (exact) mass is 674 g/mol. The Balaban J connectivity index is 1.22. The molecule has 8 nitrogen and oxygen atoms in total. The molecule has 0 aliphatic carbocycles. The molecule has 0 saturated carbocycles. The highest BCUT2D eigenvalue weighted by atomic mass is 19.3. The van der Waals surface area contributed by atoms with Gasteiger partial charge in [-0.1, -0.05) is 6.07 Å². The molecular formula is C34H36F6N6O2. The van der Waals surface area contributed by atoms with E-state index in [1.54, 1.807) is 30.3 Å². The molecule has 3 N–H and O–H groups in total. The van der Waals surface area contributed by atoms with Crippen LogP contribution in [-0.4, -0.2) is 84.8 Å². The summed E-state index contributed by atoms with van der Waals surface area (Å²) >= 11 is 0. The van der Waals surface area contributed by atoms with Crippen LogP contribution in [0, 0.1) is 11.6 Å². The Kier molecular flexibility index (Phi) is 9.57. The molecule has 1 aromatic heterocycles. The minimum Gasteiger partial charge on any atom is -0.381 e. The summed E-state index contributed by atoms with van der Waals surface area (Å²) in [6, 6.07) is 14.0. The first-order valence-electron chi connectivity index (χ1n) is 15.9. The van der Waals surface area contributed by atoms with E-state index >= 15 is 0 Å². The van der Waals surface area contributed by atoms with Crippen LogP contribution < -0.4 is 15.5 Å². The highest BCUT2D eigenvalue weighted by Crippen LogP contribution is 2.41. The van der Waals surface area contributed by atoms with Crippen LogP contribution in [0.25, 0.3) is 10.9 Å². The van der Waals surface area contributed by atoms with Crippen molar-refractivity contribution >= 4 is 34.0 Å². The van der Waals surface area contributed by atoms with Crippen LogP contribution in [-0.2, 0) is 11.2 Å². The number of carbonyl (C=O) groups is 1. The topological polar surface area (TPSA) is 85.5 Å². The molecule has 48 heavy (non-hydrogen) atoms. The lowest BCUT2D eigenvalue weighted by molar-refractivity contribution is -0.172. The summed E-state index contributed by atoms with van der Waals surface area (Å²) in [7, 11) is 0. The van der Waals surface area contributed by atoms with Gasteiger partial charge in [-0.3, -0.25) is 14.8 Å². The summed E-state index contributed by atoms with van der Waals surface area (Å²) in [5.41, 5.74) is 3.46. The van der Waals surface area contributed by atoms with Gasteiger partial charge in [-0.2, -0.15) is 22.7 Å². The summed E-state index contributed by atoms with van der Waals surface area (Å²) in [6.45, 7) is 1.73. The Morgan fingerprint density at radius 3 is 2.38 bits per heavy atom. The van der Waals surface area contributed by atoms with Crippen LogP contribution in [0.15, 0.2) is 54.6 Å². The van der Waals surface area contributed by atoms with Crippen molar-refractivity contribution in [1.82, 2.24) is 15.1 Å². The fourth-order valence-corrected chi connectivity index (χ4v) is 6.24. The Morgan fingerprint density at radius 1 is 0.979 bits per heavy atom. The van der Waals surface area contributed by atoms with E-state index in [2.05, 4.69) is 20.8 Å². The number of H-pyrrole nitrogens is 1. The minimum absolute atomic E-state index is 0.0202. The van der Waals surface area contributed by atoms with E-state index < -0.39 is 42.5 Å². The van der Waals surface area contributed by atoms with Crippen molar-refractivity contribution in [2.45, 2.75) is 44.1 Å². The number of likely N-dealkylation sites (tertiary alicyclic amines) is 1. The van der Waals surface area contributed by atoms with Crippen molar-refractivity contribution < 1.29 is 35.9 Å². The molecule has 4 aromatic rings. The molecule has 3 heterocycles. The highest BCUT2D eigenvalue weighted by molar-refractivity contribution is 6.11. The zero-order chi connectivity index (χ0) is 34.1. The number of fused-ring (bicyclic) bond motifs is 1. The van der Waals surface area contributed by atoms with Gasteiger partial charge in [0.2, 0.25) is 0 Å². The van der Waals surface area contributed by atoms with E-state index in [1.165, 1.54) is 12.1 Å². The first-order chi connectivity index (χ1) is 22.9. The van der Waals surface area contributed by atoms with Gasteiger partial charge in [-0.25, -0.2) is 8.78 Å². The minimum atomic E-state index is -4.07. The van der Waals surface area contributed by atoms with Crippen LogP contribution in [0.2, 0.25) is 0 Å². The van der Waals surface area contributed by atoms with Gasteiger partial charge >= 0.3 is 11.8 Å². The Labute approximate surface area is 273 Å². The van der Waals surface area contributed by atoms with Crippen LogP contribution in [0.3, 0.4) is 0 Å². The largest absolute Gasteiger partial charge is 0.381 e. The molecule has 2 saturated heterocycles. The Morgan fingerprint density at radius 2 is 1.69 bits per heavy atom. The van der Waals surface area contributed by atoms with Crippen molar-refractivity contribution in [3.63, 3.8) is 0 Å². The quantitative estimate of drug-likeness (QED) is 0.154. The predicted octanol–water partition coefficient (Wildman–Crippen LogP) is 6.69. The molecule has 256 valence electrons. The fraction of sp³-hybridized carbons (Fsp3) is 0.412. The number of aromatic amines is 1. The average Bonchev–Trinajstić information content (AvgIpc) is 3.52. The van der Waals surface area contributed by atoms with Gasteiger partial charge in [0.05, 0.1) is 24.2 Å². The molecule has 0 unspecified atom stereocenters. The van der Waals surface area contributed by atoms with E-state index in [1.807, 2.05) is 17.9 Å². The molecule has 0 bridgehead atoms. The number of carbonyl (C=O) groups excluding carboxylic acids is 1. The fourth-order valence-electron chi connectivity index (χ4n) is 6.24. The number of hydrogen-bond donors (Lipinski definition) is 3. The maximum absolute atomic E-state index is 13.8. The SMILES string of the molecule is CCN(CCN1CC(F)(F)C(F)(F)C1)c1ccc(C(=O)Nc2n[nH]c3ccc(Cc4cc(F)cc(F)c4)cc23)c(NC2CCOCC2)c1. The summed E-state index contributed by atoms with van der Waals surface area (Å²) in [4.78, 5) is 16.7. The average molecular weight is 675 g/mol. The molecular weight excluding hydrogens is 638 g/mol. The second kappa shape index (κ2) is 13.7. The summed E-state index contributed by atoms with van der Waals surface area (Å²) in [5.74, 6) is -9.63. The second-order valence-corrected chi connectivity index (χ2v) is 12.3. The number of anilines is 3. The zero-order valence-electron chi connectivity index (χ0n) is 26.3. The van der Waals surface area contributed by atoms with Gasteiger partial charge in [0.25, 0.3) is 5.91 Å². The van der Waals surface area contributed by atoms with E-state index in [-0.39, 0.29) is 31.4 Å². The van der Waals surface area contributed by atoms with Crippen molar-refractivity contribution in [2.24, 2.45) is 0 Å². The number of halogens is 6. The van der Waals surface area contributed by atoms with Crippen LogP contribution in [0.1, 0.15) is 41.3 Å². The molecule has 2 aliphatic rings. The number of alkyl halides is 4. The van der Waals surface area contributed by atoms with E-state index in [0.29, 0.717) is 53.2 Å². The van der Waals surface area contributed by atoms with Crippen molar-refractivity contribution in [1.29, 1.82) is 0 Å². The standard InChI is InChI=1S/C34H36F6N6O2/c1-2-46(10-9-45-19-33(37,38)34(39,40)20-45)26-4-5-27(30(18-26)41-25-7-11-48-12-8-25)32(47)42-31-28-16-21(3-6-29(28)43-44-31)13-22-14-23(35)17-24(36)15-22/h3-6,14-18,25,41H,2,7-13,19-20H2,1H3,(H2,42,43,44,47). The molecule has 0 atom stereocenters. The second-order valence-electron chi connectivity index (χ2n) is 12.3. The third kappa shape index (κ3) is 7.39. The predicted molar refractivity (Wildman–Crippen MR) is 171 cm³/mol. The van der Waals surface area contributed by atoms with E-state index in [4.69, 9.17) is 4.74 Å². The van der Waals surface area contributed by atoms with E-state index in [9.17, 15) is 31.1 Å². The normalized spacial score (nSPS) is 17.9. The lowest BCUT2D eigenvalue weighted by Crippen LogP contribution is -2.38. The number of hydrogen-bond acceptors (Lipinski definition) is 6. The number of nitrogens with zero attached hydrogens (tertiary/aromatic N) is 3. The maximum atomic E-state index is 13.8. The zero-order valence-corrected chi connectivity index (χ0v) is 26.3. The molecule has 14 heteroatoms. The van der Waals surface area contributed by atoms with Crippen molar-refractivity contribution in [3.05, 3.63) is 82.9 Å². The first kappa shape index (κ1) is 33.6. The van der Waals surface area contributed by atoms with Crippen LogP contribution in [0.4, 0.5) is 43.5 Å². The smallest absolute Gasteiger partial charge is 0.323 e. The molecule has 0 radical (unpaired) electrons. The third-order valence-electron chi connectivity index (χ3n) is 8.83. The Hall–Kier alpha value is -4.30. The van der Waals surface area contributed by atoms with Gasteiger partial charge in [0.15, 0.2) is 5.82 Å². The molecule has 6 rings (SSSR count). The molecule has 2 aliphatic heterocycles. The number of nitrogens with one attached hydrogen (secondary N) is 3. The van der Waals surface area contributed by atoms with Gasteiger partial charge in [-0.05, 0) is 79.8 Å². The summed E-state index contributed by atoms with van der Waals surface area (Å²) < 4.78 is 88.1. The van der Waals surface area contributed by atoms with Gasteiger partial charge in [-0.15, -0.1) is 0 Å². The van der Waals surface area contributed by atoms with Gasteiger partial charge < -0.3 is 20.3 Å². The van der Waals surface area contributed by atoms with Gasteiger partial charge in [0, 0.05) is 61.7 Å². The number of amides is 1. The molecule has 3 aromatic carbocycles. The third-order valence-corrected chi connectivity index (χ3v) is 8.83. The first-order valence-corrected chi connectivity index (χ1v) is 15.9. The summed E-state index contributed by atoms with van der Waals surface area (Å²) in [5, 5.41) is 14.1. The number of likely N-dealkylation sites (N-methyl/N-ethyl adjacent to an activating group) is 1. The number of benzene rings is 3. The van der Waals surface area contributed by atoms with E-state index in [0.717, 1.165) is 29.4 Å². The number of rotatable bonds is 11. The number of ether oxygens (including phenoxy) is 1. The summed E-state index contributed by atoms with van der Waals surface area (Å²) in [6.07, 6.45) is 1.71. The lowest BCUT2D eigenvalue weighted by Gasteiger charge is -2.29. The Bertz CT molecular complexity index is 1740. The number of aromatic nitrogens is 2. The molecule has 0 spiro atoms. The molecule has 1 amide bonds. The van der Waals surface area contributed by atoms with Crippen LogP contribution >= 0.6 is 0 Å². The lowest BCUT2D eigenvalue weighted by atomic mass is 10.0. The van der Waals surface area contributed by atoms with Crippen LogP contribution in [0.5, 0.6) is 0 Å². The highest BCUT2D eigenvalue weighted by Gasteiger charge is 2.62. The van der Waals surface area contributed by atoms with Gasteiger partial charge in [0.1, 0.15) is 11.6 Å². The molecule has 2 fully saturated rings. The maximum Gasteiger partial charge on any atom is 0.323 e. The van der Waals surface area contributed by atoms with Crippen molar-refractivity contribution in [3.8, 4) is 0 Å².